The molecular weight excluding hydrogens is 412 g/mol. The lowest BCUT2D eigenvalue weighted by Gasteiger charge is -2.19. The molecule has 2 aromatic carbocycles. The first kappa shape index (κ1) is 23.0. The highest BCUT2D eigenvalue weighted by Crippen LogP contribution is 2.20. The maximum atomic E-state index is 12.7. The molecule has 0 spiro atoms. The van der Waals surface area contributed by atoms with Crippen molar-refractivity contribution in [1.29, 1.82) is 0 Å². The van der Waals surface area contributed by atoms with Crippen LogP contribution in [-0.2, 0) is 27.8 Å². The van der Waals surface area contributed by atoms with Crippen molar-refractivity contribution in [2.24, 2.45) is 0 Å². The summed E-state index contributed by atoms with van der Waals surface area (Å²) in [6.45, 7) is 8.58. The summed E-state index contributed by atoms with van der Waals surface area (Å²) in [5.41, 5.74) is 2.66. The van der Waals surface area contributed by atoms with Gasteiger partial charge in [0, 0.05) is 19.5 Å². The zero-order chi connectivity index (χ0) is 22.6. The molecule has 0 radical (unpaired) electrons. The van der Waals surface area contributed by atoms with Gasteiger partial charge in [0.05, 0.1) is 22.0 Å². The van der Waals surface area contributed by atoms with Gasteiger partial charge < -0.3 is 9.88 Å². The topological polar surface area (TPSA) is 84.3 Å². The van der Waals surface area contributed by atoms with E-state index in [2.05, 4.69) is 10.3 Å². The number of amides is 1. The van der Waals surface area contributed by atoms with E-state index in [9.17, 15) is 13.2 Å². The molecule has 0 fully saturated rings. The van der Waals surface area contributed by atoms with Gasteiger partial charge in [-0.15, -0.1) is 0 Å². The van der Waals surface area contributed by atoms with Crippen molar-refractivity contribution >= 4 is 27.0 Å². The van der Waals surface area contributed by atoms with E-state index >= 15 is 0 Å². The van der Waals surface area contributed by atoms with E-state index < -0.39 is 10.0 Å². The Bertz CT molecular complexity index is 1150. The molecule has 166 valence electrons. The van der Waals surface area contributed by atoms with Crippen LogP contribution in [0.3, 0.4) is 0 Å². The van der Waals surface area contributed by atoms with Gasteiger partial charge in [-0.05, 0) is 36.8 Å². The number of nitrogens with zero attached hydrogens (tertiary/aromatic N) is 3. The molecule has 1 N–H and O–H groups in total. The molecule has 31 heavy (non-hydrogen) atoms. The minimum absolute atomic E-state index is 0.120. The summed E-state index contributed by atoms with van der Waals surface area (Å²) < 4.78 is 28.7. The highest BCUT2D eigenvalue weighted by Gasteiger charge is 2.22. The van der Waals surface area contributed by atoms with Gasteiger partial charge in [0.15, 0.2) is 0 Å². The number of sulfonamides is 1. The number of carbonyl (C=O) groups excluding carboxylic acids is 1. The molecule has 1 amide bonds. The fourth-order valence-electron chi connectivity index (χ4n) is 3.73. The van der Waals surface area contributed by atoms with E-state index in [4.69, 9.17) is 0 Å². The largest absolute Gasteiger partial charge is 0.348 e. The van der Waals surface area contributed by atoms with E-state index in [1.54, 1.807) is 24.3 Å². The Kier molecular flexibility index (Phi) is 7.12. The lowest BCUT2D eigenvalue weighted by molar-refractivity contribution is -0.122. The lowest BCUT2D eigenvalue weighted by Crippen LogP contribution is -2.31. The molecule has 0 aliphatic carbocycles. The van der Waals surface area contributed by atoms with Crippen molar-refractivity contribution in [3.8, 4) is 0 Å². The first-order valence-corrected chi connectivity index (χ1v) is 12.1. The third kappa shape index (κ3) is 4.80. The molecule has 0 aliphatic heterocycles. The van der Waals surface area contributed by atoms with Crippen molar-refractivity contribution in [2.75, 3.05) is 13.1 Å². The van der Waals surface area contributed by atoms with Crippen LogP contribution in [0.1, 0.15) is 45.1 Å². The minimum Gasteiger partial charge on any atom is -0.348 e. The zero-order valence-electron chi connectivity index (χ0n) is 18.5. The van der Waals surface area contributed by atoms with Crippen molar-refractivity contribution < 1.29 is 13.2 Å². The predicted molar refractivity (Wildman–Crippen MR) is 122 cm³/mol. The molecule has 1 atom stereocenters. The van der Waals surface area contributed by atoms with Gasteiger partial charge in [-0.2, -0.15) is 4.31 Å². The van der Waals surface area contributed by atoms with Gasteiger partial charge in [0.1, 0.15) is 12.4 Å². The van der Waals surface area contributed by atoms with Gasteiger partial charge in [-0.1, -0.05) is 45.0 Å². The summed E-state index contributed by atoms with van der Waals surface area (Å²) in [6.07, 6.45) is 0.736. The SMILES string of the molecule is CCc1nc2ccccc2n1CC(=O)NC(C)c1ccc(S(=O)(=O)N(CC)CC)cc1. The molecule has 1 heterocycles. The second-order valence-corrected chi connectivity index (χ2v) is 9.34. The van der Waals surface area contributed by atoms with Crippen LogP contribution in [0.25, 0.3) is 11.0 Å². The van der Waals surface area contributed by atoms with Crippen molar-refractivity contribution in [3.63, 3.8) is 0 Å². The molecule has 3 rings (SSSR count). The molecule has 1 unspecified atom stereocenters. The van der Waals surface area contributed by atoms with Crippen LogP contribution >= 0.6 is 0 Å². The van der Waals surface area contributed by atoms with E-state index in [1.165, 1.54) is 4.31 Å². The summed E-state index contributed by atoms with van der Waals surface area (Å²) in [5.74, 6) is 0.750. The van der Waals surface area contributed by atoms with E-state index in [1.807, 2.05) is 56.5 Å². The first-order valence-electron chi connectivity index (χ1n) is 10.6. The normalized spacial score (nSPS) is 12.9. The maximum absolute atomic E-state index is 12.7. The molecule has 0 aliphatic rings. The second-order valence-electron chi connectivity index (χ2n) is 7.40. The minimum atomic E-state index is -3.49. The molecule has 0 bridgehead atoms. The number of aromatic nitrogens is 2. The molecule has 0 saturated carbocycles. The monoisotopic (exact) mass is 442 g/mol. The smallest absolute Gasteiger partial charge is 0.243 e. The number of fused-ring (bicyclic) bond motifs is 1. The molecule has 0 saturated heterocycles. The quantitative estimate of drug-likeness (QED) is 0.550. The van der Waals surface area contributed by atoms with E-state index in [0.717, 1.165) is 28.8 Å². The predicted octanol–water partition coefficient (Wildman–Crippen LogP) is 3.51. The number of aryl methyl sites for hydroxylation is 1. The molecule has 7 nitrogen and oxygen atoms in total. The van der Waals surface area contributed by atoms with Crippen LogP contribution in [0.5, 0.6) is 0 Å². The number of carbonyl (C=O) groups is 1. The Morgan fingerprint density at radius 3 is 2.32 bits per heavy atom. The Hall–Kier alpha value is -2.71. The Morgan fingerprint density at radius 2 is 1.71 bits per heavy atom. The van der Waals surface area contributed by atoms with Crippen LogP contribution in [0.15, 0.2) is 53.4 Å². The van der Waals surface area contributed by atoms with Crippen molar-refractivity contribution in [3.05, 3.63) is 59.9 Å². The summed E-state index contributed by atoms with van der Waals surface area (Å²) in [7, 11) is -3.49. The highest BCUT2D eigenvalue weighted by molar-refractivity contribution is 7.89. The lowest BCUT2D eigenvalue weighted by atomic mass is 10.1. The number of imidazole rings is 1. The second kappa shape index (κ2) is 9.62. The van der Waals surface area contributed by atoms with E-state index in [0.29, 0.717) is 13.1 Å². The standard InChI is InChI=1S/C23H30N4O3S/c1-5-22-25-20-10-8-9-11-21(20)27(22)16-23(28)24-17(4)18-12-14-19(15-13-18)31(29,30)26(6-2)7-3/h8-15,17H,5-7,16H2,1-4H3,(H,24,28). The summed E-state index contributed by atoms with van der Waals surface area (Å²) in [6, 6.07) is 14.2. The van der Waals surface area contributed by atoms with Crippen LogP contribution in [-0.4, -0.2) is 41.3 Å². The van der Waals surface area contributed by atoms with Crippen LogP contribution < -0.4 is 5.32 Å². The third-order valence-electron chi connectivity index (χ3n) is 5.45. The van der Waals surface area contributed by atoms with Crippen molar-refractivity contribution in [1.82, 2.24) is 19.2 Å². The number of hydrogen-bond donors (Lipinski definition) is 1. The Balaban J connectivity index is 1.72. The molecule has 1 aromatic heterocycles. The Morgan fingerprint density at radius 1 is 1.06 bits per heavy atom. The fraction of sp³-hybridized carbons (Fsp3) is 0.391. The van der Waals surface area contributed by atoms with Gasteiger partial charge in [0.2, 0.25) is 15.9 Å². The molecule has 3 aromatic rings. The number of rotatable bonds is 9. The fourth-order valence-corrected chi connectivity index (χ4v) is 5.18. The summed E-state index contributed by atoms with van der Waals surface area (Å²) in [5, 5.41) is 3.01. The van der Waals surface area contributed by atoms with Crippen LogP contribution in [0.2, 0.25) is 0 Å². The van der Waals surface area contributed by atoms with Crippen LogP contribution in [0, 0.1) is 0 Å². The molecular formula is C23H30N4O3S. The number of benzene rings is 2. The van der Waals surface area contributed by atoms with Crippen LogP contribution in [0.4, 0.5) is 0 Å². The van der Waals surface area contributed by atoms with Gasteiger partial charge >= 0.3 is 0 Å². The third-order valence-corrected chi connectivity index (χ3v) is 7.52. The number of nitrogens with one attached hydrogen (secondary N) is 1. The highest BCUT2D eigenvalue weighted by atomic mass is 32.2. The van der Waals surface area contributed by atoms with Gasteiger partial charge in [-0.25, -0.2) is 13.4 Å². The van der Waals surface area contributed by atoms with E-state index in [-0.39, 0.29) is 23.4 Å². The zero-order valence-corrected chi connectivity index (χ0v) is 19.3. The number of hydrogen-bond acceptors (Lipinski definition) is 4. The first-order chi connectivity index (χ1) is 14.8. The Labute approximate surface area is 184 Å². The molecule has 8 heteroatoms. The number of para-hydroxylation sites is 2. The average molecular weight is 443 g/mol. The maximum Gasteiger partial charge on any atom is 0.243 e. The van der Waals surface area contributed by atoms with Gasteiger partial charge in [0.25, 0.3) is 0 Å². The summed E-state index contributed by atoms with van der Waals surface area (Å²) >= 11 is 0. The summed E-state index contributed by atoms with van der Waals surface area (Å²) in [4.78, 5) is 17.6. The van der Waals surface area contributed by atoms with Crippen molar-refractivity contribution in [2.45, 2.75) is 51.6 Å². The van der Waals surface area contributed by atoms with Gasteiger partial charge in [-0.3, -0.25) is 4.79 Å². The average Bonchev–Trinajstić information content (AvgIpc) is 3.12.